The van der Waals surface area contributed by atoms with Gasteiger partial charge < -0.3 is 10.1 Å². The van der Waals surface area contributed by atoms with Crippen LogP contribution >= 0.6 is 0 Å². The zero-order chi connectivity index (χ0) is 17.6. The summed E-state index contributed by atoms with van der Waals surface area (Å²) >= 11 is 0. The molecule has 1 aromatic heterocycles. The molecule has 5 nitrogen and oxygen atoms in total. The van der Waals surface area contributed by atoms with Crippen molar-refractivity contribution >= 4 is 5.91 Å². The molecule has 2 atom stereocenters. The Hall–Kier alpha value is -2.24. The van der Waals surface area contributed by atoms with Crippen LogP contribution in [0.5, 0.6) is 0 Å². The quantitative estimate of drug-likeness (QED) is 0.910. The Kier molecular flexibility index (Phi) is 5.79. The summed E-state index contributed by atoms with van der Waals surface area (Å²) in [5.74, 6) is -0.0779. The predicted molar refractivity (Wildman–Crippen MR) is 97.1 cm³/mol. The van der Waals surface area contributed by atoms with Gasteiger partial charge in [-0.05, 0) is 37.1 Å². The number of ether oxygens (including phenoxy) is 1. The molecule has 1 saturated heterocycles. The molecular formula is C20H25N3O2. The van der Waals surface area contributed by atoms with Gasteiger partial charge in [-0.1, -0.05) is 24.3 Å². The number of amides is 1. The Balaban J connectivity index is 1.64. The molecule has 2 heterocycles. The summed E-state index contributed by atoms with van der Waals surface area (Å²) in [6.07, 6.45) is 3.76. The van der Waals surface area contributed by atoms with Gasteiger partial charge in [-0.25, -0.2) is 0 Å². The fourth-order valence-corrected chi connectivity index (χ4v) is 3.32. The van der Waals surface area contributed by atoms with Gasteiger partial charge in [0.15, 0.2) is 0 Å². The van der Waals surface area contributed by atoms with Gasteiger partial charge in [0.1, 0.15) is 0 Å². The third-order valence-corrected chi connectivity index (χ3v) is 4.39. The molecule has 132 valence electrons. The molecule has 0 unspecified atom stereocenters. The van der Waals surface area contributed by atoms with E-state index in [4.69, 9.17) is 4.74 Å². The lowest BCUT2D eigenvalue weighted by atomic mass is 10.1. The summed E-state index contributed by atoms with van der Waals surface area (Å²) in [4.78, 5) is 18.6. The second kappa shape index (κ2) is 8.23. The number of morpholine rings is 1. The molecule has 0 radical (unpaired) electrons. The highest BCUT2D eigenvalue weighted by molar-refractivity contribution is 5.93. The SMILES string of the molecule is C[C@@H]1CN(Cc2ccccc2CNC(=O)c2ccncc2)C[C@@H](C)O1. The number of benzene rings is 1. The molecule has 1 aromatic carbocycles. The van der Waals surface area contributed by atoms with Crippen LogP contribution in [0.1, 0.15) is 35.3 Å². The van der Waals surface area contributed by atoms with Crippen LogP contribution in [-0.4, -0.2) is 41.1 Å². The first-order valence-electron chi connectivity index (χ1n) is 8.74. The van der Waals surface area contributed by atoms with Crippen molar-refractivity contribution in [3.05, 3.63) is 65.5 Å². The molecule has 1 aliphatic rings. The molecular weight excluding hydrogens is 314 g/mol. The van der Waals surface area contributed by atoms with E-state index in [1.165, 1.54) is 5.56 Å². The minimum atomic E-state index is -0.0779. The van der Waals surface area contributed by atoms with Crippen molar-refractivity contribution in [1.29, 1.82) is 0 Å². The number of rotatable bonds is 5. The highest BCUT2D eigenvalue weighted by Gasteiger charge is 2.22. The molecule has 1 fully saturated rings. The Morgan fingerprint density at radius 3 is 2.44 bits per heavy atom. The minimum absolute atomic E-state index is 0.0779. The maximum Gasteiger partial charge on any atom is 0.251 e. The summed E-state index contributed by atoms with van der Waals surface area (Å²) in [5, 5.41) is 3.00. The van der Waals surface area contributed by atoms with E-state index in [2.05, 4.69) is 47.2 Å². The molecule has 0 aliphatic carbocycles. The van der Waals surface area contributed by atoms with E-state index in [1.807, 2.05) is 6.07 Å². The number of hydrogen-bond donors (Lipinski definition) is 1. The number of aromatic nitrogens is 1. The van der Waals surface area contributed by atoms with Crippen molar-refractivity contribution in [3.63, 3.8) is 0 Å². The average Bonchev–Trinajstić information content (AvgIpc) is 2.60. The molecule has 5 heteroatoms. The van der Waals surface area contributed by atoms with Crippen LogP contribution in [0.4, 0.5) is 0 Å². The van der Waals surface area contributed by atoms with Gasteiger partial charge in [0.2, 0.25) is 0 Å². The summed E-state index contributed by atoms with van der Waals surface area (Å²) < 4.78 is 5.81. The van der Waals surface area contributed by atoms with Crippen LogP contribution < -0.4 is 5.32 Å². The molecule has 0 saturated carbocycles. The van der Waals surface area contributed by atoms with Crippen molar-refractivity contribution in [3.8, 4) is 0 Å². The van der Waals surface area contributed by atoms with Crippen LogP contribution in [0, 0.1) is 0 Å². The van der Waals surface area contributed by atoms with E-state index < -0.39 is 0 Å². The lowest BCUT2D eigenvalue weighted by molar-refractivity contribution is -0.0705. The zero-order valence-electron chi connectivity index (χ0n) is 14.8. The fourth-order valence-electron chi connectivity index (χ4n) is 3.32. The number of pyridine rings is 1. The summed E-state index contributed by atoms with van der Waals surface area (Å²) in [6.45, 7) is 7.49. The van der Waals surface area contributed by atoms with E-state index in [1.54, 1.807) is 24.5 Å². The third kappa shape index (κ3) is 4.87. The van der Waals surface area contributed by atoms with Crippen molar-refractivity contribution in [2.24, 2.45) is 0 Å². The van der Waals surface area contributed by atoms with Crippen LogP contribution in [0.25, 0.3) is 0 Å². The lowest BCUT2D eigenvalue weighted by Gasteiger charge is -2.35. The van der Waals surface area contributed by atoms with Gasteiger partial charge in [-0.2, -0.15) is 0 Å². The number of carbonyl (C=O) groups excluding carboxylic acids is 1. The molecule has 0 bridgehead atoms. The van der Waals surface area contributed by atoms with E-state index in [9.17, 15) is 4.79 Å². The van der Waals surface area contributed by atoms with Crippen LogP contribution in [-0.2, 0) is 17.8 Å². The predicted octanol–water partition coefficient (Wildman–Crippen LogP) is 2.62. The van der Waals surface area contributed by atoms with Crippen LogP contribution in [0.15, 0.2) is 48.8 Å². The molecule has 1 N–H and O–H groups in total. The maximum absolute atomic E-state index is 12.2. The molecule has 0 spiro atoms. The largest absolute Gasteiger partial charge is 0.373 e. The number of nitrogens with one attached hydrogen (secondary N) is 1. The normalized spacial score (nSPS) is 21.0. The van der Waals surface area contributed by atoms with Gasteiger partial charge in [0.25, 0.3) is 5.91 Å². The highest BCUT2D eigenvalue weighted by atomic mass is 16.5. The van der Waals surface area contributed by atoms with Crippen molar-refractivity contribution in [1.82, 2.24) is 15.2 Å². The summed E-state index contributed by atoms with van der Waals surface area (Å²) in [5.41, 5.74) is 3.03. The zero-order valence-corrected chi connectivity index (χ0v) is 14.8. The van der Waals surface area contributed by atoms with Crippen molar-refractivity contribution in [2.45, 2.75) is 39.1 Å². The molecule has 2 aromatic rings. The van der Waals surface area contributed by atoms with Gasteiger partial charge >= 0.3 is 0 Å². The Bertz CT molecular complexity index is 695. The third-order valence-electron chi connectivity index (χ3n) is 4.39. The first-order chi connectivity index (χ1) is 12.1. The van der Waals surface area contributed by atoms with E-state index >= 15 is 0 Å². The van der Waals surface area contributed by atoms with E-state index in [0.717, 1.165) is 25.2 Å². The lowest BCUT2D eigenvalue weighted by Crippen LogP contribution is -2.45. The Morgan fingerprint density at radius 2 is 1.76 bits per heavy atom. The topological polar surface area (TPSA) is 54.5 Å². The first kappa shape index (κ1) is 17.6. The molecule has 1 aliphatic heterocycles. The number of nitrogens with zero attached hydrogens (tertiary/aromatic N) is 2. The standard InChI is InChI=1S/C20H25N3O2/c1-15-12-23(13-16(2)25-15)14-19-6-4-3-5-18(19)11-22-20(24)17-7-9-21-10-8-17/h3-10,15-16H,11-14H2,1-2H3,(H,22,24)/t15-,16-/m1/s1. The molecule has 1 amide bonds. The van der Waals surface area contributed by atoms with Crippen molar-refractivity contribution < 1.29 is 9.53 Å². The van der Waals surface area contributed by atoms with E-state index in [0.29, 0.717) is 12.1 Å². The van der Waals surface area contributed by atoms with Crippen LogP contribution in [0.3, 0.4) is 0 Å². The second-order valence-electron chi connectivity index (χ2n) is 6.64. The highest BCUT2D eigenvalue weighted by Crippen LogP contribution is 2.17. The maximum atomic E-state index is 12.2. The van der Waals surface area contributed by atoms with Crippen molar-refractivity contribution in [2.75, 3.05) is 13.1 Å². The summed E-state index contributed by atoms with van der Waals surface area (Å²) in [7, 11) is 0. The van der Waals surface area contributed by atoms with Gasteiger partial charge in [-0.15, -0.1) is 0 Å². The second-order valence-corrected chi connectivity index (χ2v) is 6.64. The molecule has 25 heavy (non-hydrogen) atoms. The van der Waals surface area contributed by atoms with Gasteiger partial charge in [-0.3, -0.25) is 14.7 Å². The van der Waals surface area contributed by atoms with Crippen LogP contribution in [0.2, 0.25) is 0 Å². The number of hydrogen-bond acceptors (Lipinski definition) is 4. The Morgan fingerprint density at radius 1 is 1.12 bits per heavy atom. The Labute approximate surface area is 149 Å². The number of carbonyl (C=O) groups is 1. The molecule has 3 rings (SSSR count). The summed E-state index contributed by atoms with van der Waals surface area (Å²) in [6, 6.07) is 11.7. The van der Waals surface area contributed by atoms with Gasteiger partial charge in [0, 0.05) is 44.1 Å². The fraction of sp³-hybridized carbons (Fsp3) is 0.400. The minimum Gasteiger partial charge on any atom is -0.373 e. The monoisotopic (exact) mass is 339 g/mol. The van der Waals surface area contributed by atoms with Gasteiger partial charge in [0.05, 0.1) is 12.2 Å². The first-order valence-corrected chi connectivity index (χ1v) is 8.74. The average molecular weight is 339 g/mol. The van der Waals surface area contributed by atoms with E-state index in [-0.39, 0.29) is 18.1 Å². The smallest absolute Gasteiger partial charge is 0.251 e.